The van der Waals surface area contributed by atoms with Crippen molar-refractivity contribution >= 4 is 29.9 Å². The van der Waals surface area contributed by atoms with Crippen molar-refractivity contribution in [3.63, 3.8) is 0 Å². The molecule has 0 aromatic heterocycles. The summed E-state index contributed by atoms with van der Waals surface area (Å²) in [5, 5.41) is 3.52. The molecule has 1 amide bonds. The summed E-state index contributed by atoms with van der Waals surface area (Å²) in [7, 11) is 0. The van der Waals surface area contributed by atoms with E-state index in [-0.39, 0.29) is 35.4 Å². The van der Waals surface area contributed by atoms with E-state index < -0.39 is 5.82 Å². The zero-order chi connectivity index (χ0) is 13.3. The summed E-state index contributed by atoms with van der Waals surface area (Å²) < 4.78 is 13.0. The zero-order valence-electron chi connectivity index (χ0n) is 10.8. The summed E-state index contributed by atoms with van der Waals surface area (Å²) in [6, 6.07) is 4.36. The molecule has 1 N–H and O–H groups in total. The van der Waals surface area contributed by atoms with E-state index in [1.165, 1.54) is 18.2 Å². The lowest BCUT2D eigenvalue weighted by molar-refractivity contribution is 0.0674. The van der Waals surface area contributed by atoms with Gasteiger partial charge >= 0.3 is 0 Å². The summed E-state index contributed by atoms with van der Waals surface area (Å²) in [5.74, 6) is -0.571. The van der Waals surface area contributed by atoms with Gasteiger partial charge in [0.2, 0.25) is 0 Å². The fourth-order valence-electron chi connectivity index (χ4n) is 2.33. The van der Waals surface area contributed by atoms with Gasteiger partial charge in [-0.2, -0.15) is 0 Å². The molecule has 2 atom stereocenters. The molecule has 0 radical (unpaired) electrons. The molecule has 2 unspecified atom stereocenters. The van der Waals surface area contributed by atoms with Gasteiger partial charge in [0.15, 0.2) is 0 Å². The lowest BCUT2D eigenvalue weighted by Crippen LogP contribution is -2.55. The molecule has 0 saturated carbocycles. The van der Waals surface area contributed by atoms with Crippen LogP contribution in [0.15, 0.2) is 18.2 Å². The van der Waals surface area contributed by atoms with E-state index in [0.29, 0.717) is 18.7 Å². The molecule has 1 saturated heterocycles. The lowest BCUT2D eigenvalue weighted by atomic mass is 10.1. The van der Waals surface area contributed by atoms with Crippen LogP contribution in [0.4, 0.5) is 4.39 Å². The first-order valence-corrected chi connectivity index (χ1v) is 6.35. The van der Waals surface area contributed by atoms with E-state index in [2.05, 4.69) is 5.32 Å². The van der Waals surface area contributed by atoms with Crippen LogP contribution < -0.4 is 5.32 Å². The van der Waals surface area contributed by atoms with Gasteiger partial charge < -0.3 is 10.2 Å². The Balaban J connectivity index is 0.00000180. The van der Waals surface area contributed by atoms with Crippen molar-refractivity contribution in [1.29, 1.82) is 0 Å². The minimum absolute atomic E-state index is 0. The maximum Gasteiger partial charge on any atom is 0.255 e. The molecule has 19 heavy (non-hydrogen) atoms. The summed E-state index contributed by atoms with van der Waals surface area (Å²) in [5.41, 5.74) is 0.361. The van der Waals surface area contributed by atoms with Crippen molar-refractivity contribution < 1.29 is 9.18 Å². The number of nitrogens with one attached hydrogen (secondary N) is 1. The Morgan fingerprint density at radius 3 is 2.47 bits per heavy atom. The van der Waals surface area contributed by atoms with Gasteiger partial charge in [-0.25, -0.2) is 4.39 Å². The Morgan fingerprint density at radius 1 is 1.37 bits per heavy atom. The molecular formula is C13H17Cl2FN2O. The van der Waals surface area contributed by atoms with E-state index in [1.807, 2.05) is 13.8 Å². The van der Waals surface area contributed by atoms with Crippen LogP contribution in [0.2, 0.25) is 5.02 Å². The molecule has 6 heteroatoms. The van der Waals surface area contributed by atoms with E-state index in [4.69, 9.17) is 11.6 Å². The fraction of sp³-hybridized carbons (Fsp3) is 0.462. The van der Waals surface area contributed by atoms with Gasteiger partial charge in [0.1, 0.15) is 5.82 Å². The second kappa shape index (κ2) is 6.55. The third kappa shape index (κ3) is 3.81. The number of carbonyl (C=O) groups is 1. The van der Waals surface area contributed by atoms with Gasteiger partial charge in [-0.05, 0) is 32.0 Å². The highest BCUT2D eigenvalue weighted by Crippen LogP contribution is 2.20. The Bertz CT molecular complexity index is 460. The lowest BCUT2D eigenvalue weighted by Gasteiger charge is -2.36. The monoisotopic (exact) mass is 306 g/mol. The number of piperazine rings is 1. The molecule has 106 valence electrons. The van der Waals surface area contributed by atoms with Crippen LogP contribution in [0.25, 0.3) is 0 Å². The zero-order valence-corrected chi connectivity index (χ0v) is 12.4. The number of amides is 1. The Kier molecular flexibility index (Phi) is 5.59. The largest absolute Gasteiger partial charge is 0.336 e. The smallest absolute Gasteiger partial charge is 0.255 e. The van der Waals surface area contributed by atoms with Gasteiger partial charge in [-0.3, -0.25) is 4.79 Å². The van der Waals surface area contributed by atoms with Gasteiger partial charge in [-0.1, -0.05) is 11.6 Å². The van der Waals surface area contributed by atoms with Crippen LogP contribution in [-0.2, 0) is 0 Å². The molecule has 0 spiro atoms. The van der Waals surface area contributed by atoms with Crippen molar-refractivity contribution in [1.82, 2.24) is 10.2 Å². The van der Waals surface area contributed by atoms with E-state index >= 15 is 0 Å². The standard InChI is InChI=1S/C13H16ClFN2O.ClH/c1-8-6-17(7-9(2)16-8)13(18)11-4-3-10(15)5-12(11)14;/h3-5,8-9,16H,6-7H2,1-2H3;1H. The first-order valence-electron chi connectivity index (χ1n) is 5.97. The highest BCUT2D eigenvalue weighted by Gasteiger charge is 2.26. The number of benzene rings is 1. The van der Waals surface area contributed by atoms with Crippen molar-refractivity contribution in [2.75, 3.05) is 13.1 Å². The van der Waals surface area contributed by atoms with Crippen LogP contribution in [0.3, 0.4) is 0 Å². The molecule has 1 aliphatic heterocycles. The maximum absolute atomic E-state index is 13.0. The van der Waals surface area contributed by atoms with Gasteiger partial charge in [0.25, 0.3) is 5.91 Å². The molecule has 1 aliphatic rings. The molecule has 1 heterocycles. The number of carbonyl (C=O) groups excluding carboxylic acids is 1. The molecule has 0 bridgehead atoms. The molecule has 0 aliphatic carbocycles. The molecule has 2 rings (SSSR count). The quantitative estimate of drug-likeness (QED) is 0.865. The van der Waals surface area contributed by atoms with Crippen molar-refractivity contribution in [2.24, 2.45) is 0 Å². The molecule has 1 aromatic carbocycles. The van der Waals surface area contributed by atoms with Gasteiger partial charge in [-0.15, -0.1) is 12.4 Å². The van der Waals surface area contributed by atoms with Crippen LogP contribution in [0, 0.1) is 5.82 Å². The van der Waals surface area contributed by atoms with Crippen LogP contribution in [-0.4, -0.2) is 36.0 Å². The number of hydrogen-bond donors (Lipinski definition) is 1. The Labute approximate surface area is 123 Å². The van der Waals surface area contributed by atoms with E-state index in [1.54, 1.807) is 4.90 Å². The average Bonchev–Trinajstić information content (AvgIpc) is 2.26. The van der Waals surface area contributed by atoms with Crippen molar-refractivity contribution in [2.45, 2.75) is 25.9 Å². The Morgan fingerprint density at radius 2 is 1.95 bits per heavy atom. The third-order valence-electron chi connectivity index (χ3n) is 3.01. The minimum Gasteiger partial charge on any atom is -0.336 e. The predicted octanol–water partition coefficient (Wildman–Crippen LogP) is 2.72. The minimum atomic E-state index is -0.432. The normalized spacial score (nSPS) is 22.8. The molecule has 3 nitrogen and oxygen atoms in total. The highest BCUT2D eigenvalue weighted by molar-refractivity contribution is 6.33. The highest BCUT2D eigenvalue weighted by atomic mass is 35.5. The van der Waals surface area contributed by atoms with E-state index in [0.717, 1.165) is 0 Å². The number of rotatable bonds is 1. The molecule has 1 fully saturated rings. The second-order valence-corrected chi connectivity index (χ2v) is 5.21. The van der Waals surface area contributed by atoms with Crippen LogP contribution in [0.5, 0.6) is 0 Å². The maximum atomic E-state index is 13.0. The van der Waals surface area contributed by atoms with Crippen molar-refractivity contribution in [3.8, 4) is 0 Å². The van der Waals surface area contributed by atoms with Crippen LogP contribution >= 0.6 is 24.0 Å². The SMILES string of the molecule is CC1CN(C(=O)c2ccc(F)cc2Cl)CC(C)N1.Cl. The first-order chi connectivity index (χ1) is 8.47. The average molecular weight is 307 g/mol. The summed E-state index contributed by atoms with van der Waals surface area (Å²) in [6.07, 6.45) is 0. The summed E-state index contributed by atoms with van der Waals surface area (Å²) in [4.78, 5) is 14.1. The van der Waals surface area contributed by atoms with Gasteiger partial charge in [0, 0.05) is 25.2 Å². The molecular weight excluding hydrogens is 290 g/mol. The van der Waals surface area contributed by atoms with Crippen LogP contribution in [0.1, 0.15) is 24.2 Å². The number of hydrogen-bond acceptors (Lipinski definition) is 2. The predicted molar refractivity (Wildman–Crippen MR) is 76.6 cm³/mol. The van der Waals surface area contributed by atoms with Gasteiger partial charge in [0.05, 0.1) is 10.6 Å². The first kappa shape index (κ1) is 16.2. The third-order valence-corrected chi connectivity index (χ3v) is 3.32. The van der Waals surface area contributed by atoms with Crippen molar-refractivity contribution in [3.05, 3.63) is 34.6 Å². The Hall–Kier alpha value is -0.840. The molecule has 1 aromatic rings. The fourth-order valence-corrected chi connectivity index (χ4v) is 2.57. The topological polar surface area (TPSA) is 32.3 Å². The number of nitrogens with zero attached hydrogens (tertiary/aromatic N) is 1. The number of halogens is 3. The summed E-state index contributed by atoms with van der Waals surface area (Å²) in [6.45, 7) is 5.33. The second-order valence-electron chi connectivity index (χ2n) is 4.80. The summed E-state index contributed by atoms with van der Waals surface area (Å²) >= 11 is 5.91. The van der Waals surface area contributed by atoms with E-state index in [9.17, 15) is 9.18 Å².